The molecular formula is C25H24N6. The van der Waals surface area contributed by atoms with E-state index in [1.165, 1.54) is 27.6 Å². The van der Waals surface area contributed by atoms with Gasteiger partial charge in [0, 0.05) is 41.1 Å². The SMILES string of the molecule is CCc1cccc2c(C3=CCN(c4nc5ccccc5c5nc(C)nn45)CC3)c[nH]c12. The van der Waals surface area contributed by atoms with E-state index in [2.05, 4.69) is 63.4 Å². The van der Waals surface area contributed by atoms with Crippen LogP contribution in [0.1, 0.15) is 30.3 Å². The van der Waals surface area contributed by atoms with Gasteiger partial charge in [0.05, 0.1) is 5.52 Å². The lowest BCUT2D eigenvalue weighted by Crippen LogP contribution is -2.31. The summed E-state index contributed by atoms with van der Waals surface area (Å²) in [4.78, 5) is 15.4. The van der Waals surface area contributed by atoms with Crippen molar-refractivity contribution in [3.8, 4) is 0 Å². The number of nitrogens with zero attached hydrogens (tertiary/aromatic N) is 5. The van der Waals surface area contributed by atoms with Crippen molar-refractivity contribution in [2.45, 2.75) is 26.7 Å². The summed E-state index contributed by atoms with van der Waals surface area (Å²) in [6, 6.07) is 14.7. The highest BCUT2D eigenvalue weighted by Crippen LogP contribution is 2.32. The molecule has 1 aliphatic rings. The number of benzene rings is 2. The fourth-order valence-electron chi connectivity index (χ4n) is 4.72. The van der Waals surface area contributed by atoms with Gasteiger partial charge in [0.2, 0.25) is 5.95 Å². The number of anilines is 1. The number of para-hydroxylation sites is 2. The van der Waals surface area contributed by atoms with E-state index in [1.54, 1.807) is 0 Å². The standard InChI is InChI=1S/C25H24N6/c1-3-17-7-6-9-19-21(15-26-23(17)19)18-11-13-30(14-12-18)25-28-22-10-5-4-8-20(22)24-27-16(2)29-31(24)25/h4-11,15,26H,3,12-14H2,1-2H3. The highest BCUT2D eigenvalue weighted by Gasteiger charge is 2.21. The van der Waals surface area contributed by atoms with Gasteiger partial charge >= 0.3 is 0 Å². The van der Waals surface area contributed by atoms with Crippen LogP contribution in [0.25, 0.3) is 33.0 Å². The zero-order chi connectivity index (χ0) is 20.9. The minimum atomic E-state index is 0.762. The van der Waals surface area contributed by atoms with Crippen LogP contribution < -0.4 is 4.90 Å². The van der Waals surface area contributed by atoms with Crippen LogP contribution >= 0.6 is 0 Å². The molecule has 1 N–H and O–H groups in total. The molecule has 0 atom stereocenters. The zero-order valence-corrected chi connectivity index (χ0v) is 17.8. The molecule has 154 valence electrons. The predicted molar refractivity (Wildman–Crippen MR) is 126 cm³/mol. The molecule has 0 bridgehead atoms. The van der Waals surface area contributed by atoms with E-state index in [0.29, 0.717) is 0 Å². The first kappa shape index (κ1) is 18.1. The number of hydrogen-bond acceptors (Lipinski definition) is 4. The van der Waals surface area contributed by atoms with Crippen LogP contribution in [0.5, 0.6) is 0 Å². The number of hydrogen-bond donors (Lipinski definition) is 1. The van der Waals surface area contributed by atoms with Gasteiger partial charge in [0.1, 0.15) is 5.82 Å². The van der Waals surface area contributed by atoms with Crippen LogP contribution in [-0.2, 0) is 6.42 Å². The lowest BCUT2D eigenvalue weighted by molar-refractivity contribution is 0.763. The second-order valence-corrected chi connectivity index (χ2v) is 8.14. The van der Waals surface area contributed by atoms with Crippen LogP contribution in [0.15, 0.2) is 54.7 Å². The summed E-state index contributed by atoms with van der Waals surface area (Å²) in [5.74, 6) is 1.62. The maximum atomic E-state index is 4.95. The molecule has 0 unspecified atom stereocenters. The third kappa shape index (κ3) is 2.82. The van der Waals surface area contributed by atoms with E-state index in [0.717, 1.165) is 54.3 Å². The van der Waals surface area contributed by atoms with Crippen molar-refractivity contribution in [2.75, 3.05) is 18.0 Å². The monoisotopic (exact) mass is 408 g/mol. The molecule has 0 amide bonds. The first-order valence-corrected chi connectivity index (χ1v) is 10.9. The number of aromatic amines is 1. The molecule has 3 aromatic heterocycles. The summed E-state index contributed by atoms with van der Waals surface area (Å²) in [6.07, 6.45) is 6.49. The highest BCUT2D eigenvalue weighted by molar-refractivity contribution is 5.95. The molecule has 0 saturated carbocycles. The van der Waals surface area contributed by atoms with Gasteiger partial charge in [-0.05, 0) is 43.0 Å². The van der Waals surface area contributed by atoms with E-state index in [9.17, 15) is 0 Å². The van der Waals surface area contributed by atoms with Crippen molar-refractivity contribution in [3.05, 3.63) is 71.7 Å². The molecule has 0 spiro atoms. The van der Waals surface area contributed by atoms with Crippen molar-refractivity contribution in [2.24, 2.45) is 0 Å². The Morgan fingerprint density at radius 3 is 2.74 bits per heavy atom. The van der Waals surface area contributed by atoms with Crippen molar-refractivity contribution in [3.63, 3.8) is 0 Å². The fourth-order valence-corrected chi connectivity index (χ4v) is 4.72. The van der Waals surface area contributed by atoms with E-state index in [-0.39, 0.29) is 0 Å². The predicted octanol–water partition coefficient (Wildman–Crippen LogP) is 4.92. The van der Waals surface area contributed by atoms with Gasteiger partial charge in [0.15, 0.2) is 5.65 Å². The Morgan fingerprint density at radius 2 is 1.90 bits per heavy atom. The fraction of sp³-hybridized carbons (Fsp3) is 0.240. The van der Waals surface area contributed by atoms with Gasteiger partial charge in [-0.25, -0.2) is 9.97 Å². The first-order valence-electron chi connectivity index (χ1n) is 10.9. The summed E-state index contributed by atoms with van der Waals surface area (Å²) in [6.45, 7) is 5.83. The molecule has 1 aliphatic heterocycles. The molecule has 0 saturated heterocycles. The maximum absolute atomic E-state index is 4.95. The first-order chi connectivity index (χ1) is 15.2. The van der Waals surface area contributed by atoms with Gasteiger partial charge in [-0.2, -0.15) is 4.52 Å². The number of rotatable bonds is 3. The number of aromatic nitrogens is 5. The van der Waals surface area contributed by atoms with Crippen LogP contribution in [0.2, 0.25) is 0 Å². The number of H-pyrrole nitrogens is 1. The Morgan fingerprint density at radius 1 is 1.03 bits per heavy atom. The van der Waals surface area contributed by atoms with E-state index in [4.69, 9.17) is 4.98 Å². The van der Waals surface area contributed by atoms with Crippen molar-refractivity contribution >= 4 is 39.0 Å². The molecule has 0 radical (unpaired) electrons. The number of nitrogens with one attached hydrogen (secondary N) is 1. The molecule has 4 heterocycles. The summed E-state index contributed by atoms with van der Waals surface area (Å²) < 4.78 is 1.90. The minimum absolute atomic E-state index is 0.762. The smallest absolute Gasteiger partial charge is 0.229 e. The summed E-state index contributed by atoms with van der Waals surface area (Å²) in [5.41, 5.74) is 7.17. The maximum Gasteiger partial charge on any atom is 0.229 e. The van der Waals surface area contributed by atoms with Gasteiger partial charge in [-0.1, -0.05) is 43.3 Å². The molecule has 5 aromatic rings. The molecular weight excluding hydrogens is 384 g/mol. The van der Waals surface area contributed by atoms with Crippen LogP contribution in [0.4, 0.5) is 5.95 Å². The molecule has 6 heteroatoms. The van der Waals surface area contributed by atoms with Crippen molar-refractivity contribution in [1.29, 1.82) is 0 Å². The molecule has 6 nitrogen and oxygen atoms in total. The Bertz CT molecular complexity index is 1470. The molecule has 31 heavy (non-hydrogen) atoms. The van der Waals surface area contributed by atoms with Gasteiger partial charge < -0.3 is 9.88 Å². The van der Waals surface area contributed by atoms with Crippen LogP contribution in [0.3, 0.4) is 0 Å². The second-order valence-electron chi connectivity index (χ2n) is 8.14. The average Bonchev–Trinajstić information content (AvgIpc) is 3.42. The third-order valence-electron chi connectivity index (χ3n) is 6.29. The molecule has 6 rings (SSSR count). The Kier molecular flexibility index (Phi) is 4.06. The topological polar surface area (TPSA) is 62.1 Å². The quantitative estimate of drug-likeness (QED) is 0.460. The van der Waals surface area contributed by atoms with E-state index < -0.39 is 0 Å². The van der Waals surface area contributed by atoms with Gasteiger partial charge in [-0.15, -0.1) is 5.10 Å². The Balaban J connectivity index is 1.40. The minimum Gasteiger partial charge on any atom is -0.360 e. The molecule has 0 aliphatic carbocycles. The lowest BCUT2D eigenvalue weighted by Gasteiger charge is -2.27. The average molecular weight is 409 g/mol. The van der Waals surface area contributed by atoms with E-state index in [1.807, 2.05) is 29.6 Å². The van der Waals surface area contributed by atoms with Crippen LogP contribution in [-0.4, -0.2) is 37.7 Å². The van der Waals surface area contributed by atoms with Gasteiger partial charge in [0.25, 0.3) is 0 Å². The molecule has 2 aromatic carbocycles. The number of fused-ring (bicyclic) bond motifs is 4. The summed E-state index contributed by atoms with van der Waals surface area (Å²) >= 11 is 0. The number of aryl methyl sites for hydroxylation is 2. The van der Waals surface area contributed by atoms with Gasteiger partial charge in [-0.3, -0.25) is 0 Å². The largest absolute Gasteiger partial charge is 0.360 e. The highest BCUT2D eigenvalue weighted by atomic mass is 15.4. The third-order valence-corrected chi connectivity index (χ3v) is 6.29. The second kappa shape index (κ2) is 6.94. The van der Waals surface area contributed by atoms with Crippen LogP contribution in [0, 0.1) is 6.92 Å². The van der Waals surface area contributed by atoms with E-state index >= 15 is 0 Å². The Hall–Kier alpha value is -3.67. The summed E-state index contributed by atoms with van der Waals surface area (Å²) in [5, 5.41) is 6.99. The Labute approximate surface area is 180 Å². The van der Waals surface area contributed by atoms with Crippen molar-refractivity contribution < 1.29 is 0 Å². The molecule has 0 fully saturated rings. The normalized spacial score (nSPS) is 14.6. The van der Waals surface area contributed by atoms with Crippen molar-refractivity contribution in [1.82, 2.24) is 24.6 Å². The summed E-state index contributed by atoms with van der Waals surface area (Å²) in [7, 11) is 0. The lowest BCUT2D eigenvalue weighted by atomic mass is 9.98. The zero-order valence-electron chi connectivity index (χ0n) is 17.8.